The summed E-state index contributed by atoms with van der Waals surface area (Å²) in [6, 6.07) is 14.6. The van der Waals surface area contributed by atoms with Gasteiger partial charge in [-0.15, -0.1) is 0 Å². The van der Waals surface area contributed by atoms with Gasteiger partial charge in [0, 0.05) is 24.7 Å². The lowest BCUT2D eigenvalue weighted by atomic mass is 9.85. The van der Waals surface area contributed by atoms with Gasteiger partial charge in [-0.25, -0.2) is 4.79 Å². The van der Waals surface area contributed by atoms with Gasteiger partial charge in [0.1, 0.15) is 17.2 Å². The van der Waals surface area contributed by atoms with Gasteiger partial charge in [0.05, 0.1) is 32.0 Å². The fourth-order valence-electron chi connectivity index (χ4n) is 4.82. The summed E-state index contributed by atoms with van der Waals surface area (Å²) in [5.41, 5.74) is 2.45. The van der Waals surface area contributed by atoms with Crippen LogP contribution >= 0.6 is 0 Å². The van der Waals surface area contributed by atoms with Gasteiger partial charge in [0.15, 0.2) is 5.60 Å². The Bertz CT molecular complexity index is 1250. The molecule has 2 aliphatic rings. The molecule has 0 N–H and O–H groups in total. The molecular weight excluding hydrogens is 422 g/mol. The normalized spacial score (nSPS) is 19.4. The van der Waals surface area contributed by atoms with Crippen molar-refractivity contribution in [2.45, 2.75) is 18.4 Å². The van der Waals surface area contributed by atoms with Crippen LogP contribution in [0.15, 0.2) is 48.5 Å². The monoisotopic (exact) mass is 447 g/mol. The van der Waals surface area contributed by atoms with E-state index in [1.165, 1.54) is 0 Å². The number of ether oxygens (including phenoxy) is 3. The first-order valence-corrected chi connectivity index (χ1v) is 10.8. The van der Waals surface area contributed by atoms with Crippen LogP contribution in [0.25, 0.3) is 11.3 Å². The van der Waals surface area contributed by atoms with Crippen LogP contribution in [0.1, 0.15) is 39.3 Å². The van der Waals surface area contributed by atoms with Crippen LogP contribution < -0.4 is 9.47 Å². The molecule has 8 nitrogen and oxygen atoms in total. The molecule has 0 bridgehead atoms. The molecule has 0 aliphatic carbocycles. The number of fused-ring (bicyclic) bond motifs is 2. The topological polar surface area (TPSA) is 82.9 Å². The third-order valence-corrected chi connectivity index (χ3v) is 6.45. The van der Waals surface area contributed by atoms with E-state index in [1.807, 2.05) is 36.4 Å². The number of carbonyl (C=O) groups is 2. The summed E-state index contributed by atoms with van der Waals surface area (Å²) in [5.74, 6) is 0.828. The standard InChI is InChI=1S/C25H25N3O5/c1-27-21(14-20(26-27)18-13-16(31-2)9-10-22(18)32-3)23(29)28-12-6-11-25(15-28)19-8-5-4-7-17(19)24(30)33-25/h4-5,7-10,13-14H,6,11-12,15H2,1-3H3. The van der Waals surface area contributed by atoms with Crippen molar-refractivity contribution in [3.05, 3.63) is 65.4 Å². The van der Waals surface area contributed by atoms with Gasteiger partial charge in [-0.2, -0.15) is 5.10 Å². The summed E-state index contributed by atoms with van der Waals surface area (Å²) in [6.45, 7) is 0.904. The van der Waals surface area contributed by atoms with Crippen LogP contribution in [-0.2, 0) is 17.4 Å². The highest BCUT2D eigenvalue weighted by Crippen LogP contribution is 2.43. The minimum Gasteiger partial charge on any atom is -0.497 e. The zero-order valence-electron chi connectivity index (χ0n) is 18.8. The molecule has 2 aliphatic heterocycles. The Kier molecular flexibility index (Phi) is 5.08. The quantitative estimate of drug-likeness (QED) is 0.570. The van der Waals surface area contributed by atoms with E-state index < -0.39 is 5.60 Å². The maximum atomic E-state index is 13.5. The lowest BCUT2D eigenvalue weighted by Crippen LogP contribution is -2.49. The number of nitrogens with zero attached hydrogens (tertiary/aromatic N) is 3. The molecule has 33 heavy (non-hydrogen) atoms. The maximum absolute atomic E-state index is 13.5. The summed E-state index contributed by atoms with van der Waals surface area (Å²) in [6.07, 6.45) is 1.43. The molecular formula is C25H25N3O5. The zero-order valence-corrected chi connectivity index (χ0v) is 18.8. The third kappa shape index (κ3) is 3.42. The second kappa shape index (κ2) is 7.95. The van der Waals surface area contributed by atoms with Gasteiger partial charge >= 0.3 is 5.97 Å². The molecule has 1 saturated heterocycles. The Hall–Kier alpha value is -3.81. The van der Waals surface area contributed by atoms with Crippen molar-refractivity contribution in [3.8, 4) is 22.8 Å². The number of esters is 1. The summed E-state index contributed by atoms with van der Waals surface area (Å²) >= 11 is 0. The number of likely N-dealkylation sites (tertiary alicyclic amines) is 1. The van der Waals surface area contributed by atoms with Crippen molar-refractivity contribution in [3.63, 3.8) is 0 Å². The highest BCUT2D eigenvalue weighted by molar-refractivity contribution is 5.96. The van der Waals surface area contributed by atoms with E-state index in [9.17, 15) is 9.59 Å². The first-order chi connectivity index (χ1) is 16.0. The number of aryl methyl sites for hydroxylation is 1. The van der Waals surface area contributed by atoms with E-state index >= 15 is 0 Å². The average Bonchev–Trinajstić information content (AvgIpc) is 3.36. The minimum atomic E-state index is -0.793. The molecule has 1 amide bonds. The number of hydrogen-bond acceptors (Lipinski definition) is 6. The first kappa shape index (κ1) is 21.1. The van der Waals surface area contributed by atoms with Crippen LogP contribution in [0.5, 0.6) is 11.5 Å². The van der Waals surface area contributed by atoms with Crippen molar-refractivity contribution < 1.29 is 23.8 Å². The Morgan fingerprint density at radius 3 is 2.70 bits per heavy atom. The Morgan fingerprint density at radius 1 is 1.09 bits per heavy atom. The number of rotatable bonds is 4. The fourth-order valence-corrected chi connectivity index (χ4v) is 4.82. The number of amides is 1. The molecule has 2 aromatic carbocycles. The average molecular weight is 447 g/mol. The molecule has 5 rings (SSSR count). The van der Waals surface area contributed by atoms with Crippen LogP contribution in [0.4, 0.5) is 0 Å². The van der Waals surface area contributed by atoms with Crippen molar-refractivity contribution in [2.24, 2.45) is 7.05 Å². The van der Waals surface area contributed by atoms with Crippen LogP contribution in [0.2, 0.25) is 0 Å². The van der Waals surface area contributed by atoms with Gasteiger partial charge in [0.2, 0.25) is 0 Å². The van der Waals surface area contributed by atoms with Gasteiger partial charge in [0.25, 0.3) is 5.91 Å². The van der Waals surface area contributed by atoms with E-state index in [0.717, 1.165) is 17.5 Å². The third-order valence-electron chi connectivity index (χ3n) is 6.45. The fraction of sp³-hybridized carbons (Fsp3) is 0.320. The minimum absolute atomic E-state index is 0.155. The van der Waals surface area contributed by atoms with Crippen LogP contribution in [0, 0.1) is 0 Å². The van der Waals surface area contributed by atoms with E-state index in [0.29, 0.717) is 48.0 Å². The molecule has 3 heterocycles. The first-order valence-electron chi connectivity index (χ1n) is 10.8. The predicted octanol–water partition coefficient (Wildman–Crippen LogP) is 3.41. The zero-order chi connectivity index (χ0) is 23.2. The summed E-state index contributed by atoms with van der Waals surface area (Å²) < 4.78 is 18.3. The van der Waals surface area contributed by atoms with Crippen LogP contribution in [-0.4, -0.2) is 53.9 Å². The van der Waals surface area contributed by atoms with E-state index in [1.54, 1.807) is 43.0 Å². The smallest absolute Gasteiger partial charge is 0.339 e. The van der Waals surface area contributed by atoms with E-state index in [2.05, 4.69) is 5.10 Å². The molecule has 1 spiro atoms. The molecule has 1 atom stereocenters. The number of piperidine rings is 1. The maximum Gasteiger partial charge on any atom is 0.339 e. The number of carbonyl (C=O) groups excluding carboxylic acids is 2. The number of aromatic nitrogens is 2. The lowest BCUT2D eigenvalue weighted by Gasteiger charge is -2.39. The molecule has 1 aromatic heterocycles. The summed E-state index contributed by atoms with van der Waals surface area (Å²) in [7, 11) is 4.93. The van der Waals surface area contributed by atoms with Crippen molar-refractivity contribution >= 4 is 11.9 Å². The van der Waals surface area contributed by atoms with E-state index in [-0.39, 0.29) is 11.9 Å². The highest BCUT2D eigenvalue weighted by Gasteiger charge is 2.49. The van der Waals surface area contributed by atoms with Crippen LogP contribution in [0.3, 0.4) is 0 Å². The molecule has 1 fully saturated rings. The molecule has 0 radical (unpaired) electrons. The predicted molar refractivity (Wildman–Crippen MR) is 120 cm³/mol. The Labute approximate surface area is 191 Å². The largest absolute Gasteiger partial charge is 0.497 e. The number of benzene rings is 2. The molecule has 3 aromatic rings. The summed E-state index contributed by atoms with van der Waals surface area (Å²) in [4.78, 5) is 27.7. The Morgan fingerprint density at radius 2 is 1.91 bits per heavy atom. The Balaban J connectivity index is 1.46. The second-order valence-corrected chi connectivity index (χ2v) is 8.36. The number of methoxy groups -OCH3 is 2. The SMILES string of the molecule is COc1ccc(OC)c(-c2cc(C(=O)N3CCCC4(C3)OC(=O)c3ccccc34)n(C)n2)c1. The lowest BCUT2D eigenvalue weighted by molar-refractivity contribution is -0.0444. The van der Waals surface area contributed by atoms with Gasteiger partial charge < -0.3 is 19.1 Å². The molecule has 0 saturated carbocycles. The second-order valence-electron chi connectivity index (χ2n) is 8.36. The highest BCUT2D eigenvalue weighted by atomic mass is 16.6. The van der Waals surface area contributed by atoms with Crippen molar-refractivity contribution in [1.29, 1.82) is 0 Å². The van der Waals surface area contributed by atoms with Gasteiger partial charge in [-0.05, 0) is 43.2 Å². The van der Waals surface area contributed by atoms with Gasteiger partial charge in [-0.3, -0.25) is 9.48 Å². The van der Waals surface area contributed by atoms with Crippen molar-refractivity contribution in [1.82, 2.24) is 14.7 Å². The van der Waals surface area contributed by atoms with E-state index in [4.69, 9.17) is 14.2 Å². The molecule has 8 heteroatoms. The van der Waals surface area contributed by atoms with Gasteiger partial charge in [-0.1, -0.05) is 18.2 Å². The number of hydrogen-bond donors (Lipinski definition) is 0. The van der Waals surface area contributed by atoms with Crippen molar-refractivity contribution in [2.75, 3.05) is 27.3 Å². The molecule has 170 valence electrons. The summed E-state index contributed by atoms with van der Waals surface area (Å²) in [5, 5.41) is 4.57. The molecule has 1 unspecified atom stereocenters.